The lowest BCUT2D eigenvalue weighted by atomic mass is 10.2. The third-order valence-electron chi connectivity index (χ3n) is 4.00. The van der Waals surface area contributed by atoms with Crippen molar-refractivity contribution in [2.75, 3.05) is 12.8 Å². The maximum atomic E-state index is 12.3. The Balaban J connectivity index is 1.51. The summed E-state index contributed by atoms with van der Waals surface area (Å²) in [5.41, 5.74) is 3.15. The molecule has 1 heterocycles. The van der Waals surface area contributed by atoms with Crippen molar-refractivity contribution in [3.05, 3.63) is 70.6 Å². The monoisotopic (exact) mass is 401 g/mol. The van der Waals surface area contributed by atoms with E-state index in [4.69, 9.17) is 16.1 Å². The highest BCUT2D eigenvalue weighted by Crippen LogP contribution is 2.25. The van der Waals surface area contributed by atoms with Crippen molar-refractivity contribution < 1.29 is 9.32 Å². The first-order valence-electron chi connectivity index (χ1n) is 8.47. The number of aryl methyl sites for hydroxylation is 1. The first kappa shape index (κ1) is 19.5. The molecule has 3 rings (SSSR count). The van der Waals surface area contributed by atoms with Crippen molar-refractivity contribution in [2.45, 2.75) is 19.2 Å². The van der Waals surface area contributed by atoms with E-state index in [-0.39, 0.29) is 12.5 Å². The number of hydrogen-bond acceptors (Lipinski definition) is 5. The van der Waals surface area contributed by atoms with Crippen LogP contribution in [0.3, 0.4) is 0 Å². The van der Waals surface area contributed by atoms with Crippen LogP contribution >= 0.6 is 23.4 Å². The molecule has 0 N–H and O–H groups in total. The van der Waals surface area contributed by atoms with Gasteiger partial charge in [0.25, 0.3) is 0 Å². The molecule has 3 aromatic rings. The lowest BCUT2D eigenvalue weighted by molar-refractivity contribution is -0.127. The number of amides is 1. The second-order valence-corrected chi connectivity index (χ2v) is 7.61. The minimum absolute atomic E-state index is 0.0182. The van der Waals surface area contributed by atoms with Crippen LogP contribution in [0, 0.1) is 6.92 Å². The van der Waals surface area contributed by atoms with Gasteiger partial charge in [-0.1, -0.05) is 58.7 Å². The van der Waals surface area contributed by atoms with Crippen LogP contribution in [-0.2, 0) is 17.1 Å². The Hall–Kier alpha value is -2.31. The first-order chi connectivity index (χ1) is 13.0. The van der Waals surface area contributed by atoms with Crippen LogP contribution in [0.1, 0.15) is 17.0 Å². The number of halogens is 1. The zero-order chi connectivity index (χ0) is 19.2. The van der Waals surface area contributed by atoms with Gasteiger partial charge in [-0.25, -0.2) is 0 Å². The van der Waals surface area contributed by atoms with Crippen molar-refractivity contribution in [3.63, 3.8) is 0 Å². The molecule has 0 unspecified atom stereocenters. The molecule has 7 heteroatoms. The van der Waals surface area contributed by atoms with Gasteiger partial charge in [0.05, 0.1) is 17.3 Å². The summed E-state index contributed by atoms with van der Waals surface area (Å²) in [7, 11) is 1.73. The molecule has 0 spiro atoms. The molecular weight excluding hydrogens is 382 g/mol. The highest BCUT2D eigenvalue weighted by Gasteiger charge is 2.16. The number of rotatable bonds is 7. The van der Waals surface area contributed by atoms with E-state index in [2.05, 4.69) is 41.3 Å². The SMILES string of the molecule is Cc1ccc(CSCC(=O)N(C)Cc2nc(-c3ccccc3Cl)no2)cc1. The molecule has 0 fully saturated rings. The molecule has 27 heavy (non-hydrogen) atoms. The molecule has 0 radical (unpaired) electrons. The summed E-state index contributed by atoms with van der Waals surface area (Å²) < 4.78 is 5.26. The first-order valence-corrected chi connectivity index (χ1v) is 10.0. The number of hydrogen-bond donors (Lipinski definition) is 0. The largest absolute Gasteiger partial charge is 0.337 e. The Morgan fingerprint density at radius 3 is 2.67 bits per heavy atom. The van der Waals surface area contributed by atoms with E-state index < -0.39 is 0 Å². The van der Waals surface area contributed by atoms with Crippen molar-refractivity contribution in [1.82, 2.24) is 15.0 Å². The molecule has 0 bridgehead atoms. The standard InChI is InChI=1S/C20H20ClN3O2S/c1-14-7-9-15(10-8-14)12-27-13-19(25)24(2)11-18-22-20(23-26-18)16-5-3-4-6-17(16)21/h3-10H,11-13H2,1-2H3. The number of carbonyl (C=O) groups is 1. The van der Waals surface area contributed by atoms with Gasteiger partial charge in [0.1, 0.15) is 0 Å². The number of benzene rings is 2. The smallest absolute Gasteiger partial charge is 0.246 e. The van der Waals surface area contributed by atoms with Crippen LogP contribution in [0.4, 0.5) is 0 Å². The second-order valence-electron chi connectivity index (χ2n) is 6.22. The molecule has 140 valence electrons. The van der Waals surface area contributed by atoms with Gasteiger partial charge in [0.2, 0.25) is 17.6 Å². The van der Waals surface area contributed by atoms with Crippen LogP contribution in [0.5, 0.6) is 0 Å². The molecule has 0 saturated heterocycles. The molecule has 0 aliphatic carbocycles. The summed E-state index contributed by atoms with van der Waals surface area (Å²) in [6, 6.07) is 15.6. The lowest BCUT2D eigenvalue weighted by Gasteiger charge is -2.14. The number of aromatic nitrogens is 2. The normalized spacial score (nSPS) is 10.8. The topological polar surface area (TPSA) is 59.2 Å². The van der Waals surface area contributed by atoms with Gasteiger partial charge < -0.3 is 9.42 Å². The molecular formula is C20H20ClN3O2S. The van der Waals surface area contributed by atoms with Crippen molar-refractivity contribution >= 4 is 29.3 Å². The van der Waals surface area contributed by atoms with Crippen molar-refractivity contribution in [3.8, 4) is 11.4 Å². The third-order valence-corrected chi connectivity index (χ3v) is 5.31. The van der Waals surface area contributed by atoms with E-state index >= 15 is 0 Å². The fourth-order valence-electron chi connectivity index (χ4n) is 2.41. The van der Waals surface area contributed by atoms with Crippen LogP contribution in [-0.4, -0.2) is 33.7 Å². The Morgan fingerprint density at radius 1 is 1.19 bits per heavy atom. The average Bonchev–Trinajstić information content (AvgIpc) is 3.11. The van der Waals surface area contributed by atoms with Gasteiger partial charge in [0.15, 0.2) is 0 Å². The lowest BCUT2D eigenvalue weighted by Crippen LogP contribution is -2.28. The Bertz CT molecular complexity index is 912. The number of nitrogens with zero attached hydrogens (tertiary/aromatic N) is 3. The van der Waals surface area contributed by atoms with Gasteiger partial charge in [0, 0.05) is 18.4 Å². The fraction of sp³-hybridized carbons (Fsp3) is 0.250. The van der Waals surface area contributed by atoms with E-state index in [9.17, 15) is 4.79 Å². The summed E-state index contributed by atoms with van der Waals surface area (Å²) in [6.45, 7) is 2.32. The molecule has 0 aliphatic heterocycles. The van der Waals surface area contributed by atoms with E-state index in [1.54, 1.807) is 29.8 Å². The zero-order valence-corrected chi connectivity index (χ0v) is 16.8. The average molecular weight is 402 g/mol. The molecule has 1 aromatic heterocycles. The minimum Gasteiger partial charge on any atom is -0.337 e. The summed E-state index contributed by atoms with van der Waals surface area (Å²) in [5.74, 6) is 2.02. The molecule has 5 nitrogen and oxygen atoms in total. The predicted molar refractivity (Wildman–Crippen MR) is 109 cm³/mol. The van der Waals surface area contributed by atoms with Crippen LogP contribution < -0.4 is 0 Å². The Kier molecular flexibility index (Phi) is 6.53. The number of carbonyl (C=O) groups excluding carboxylic acids is 1. The third kappa shape index (κ3) is 5.34. The Morgan fingerprint density at radius 2 is 1.93 bits per heavy atom. The highest BCUT2D eigenvalue weighted by atomic mass is 35.5. The summed E-state index contributed by atoms with van der Waals surface area (Å²) in [6.07, 6.45) is 0. The van der Waals surface area contributed by atoms with Crippen molar-refractivity contribution in [1.29, 1.82) is 0 Å². The van der Waals surface area contributed by atoms with Gasteiger partial charge >= 0.3 is 0 Å². The van der Waals surface area contributed by atoms with Crippen LogP contribution in [0.15, 0.2) is 53.1 Å². The van der Waals surface area contributed by atoms with Crippen LogP contribution in [0.25, 0.3) is 11.4 Å². The highest BCUT2D eigenvalue weighted by molar-refractivity contribution is 7.99. The minimum atomic E-state index is 0.0182. The van der Waals surface area contributed by atoms with Gasteiger partial charge in [-0.15, -0.1) is 11.8 Å². The van der Waals surface area contributed by atoms with E-state index in [0.29, 0.717) is 28.1 Å². The maximum absolute atomic E-state index is 12.3. The van der Waals surface area contributed by atoms with E-state index in [0.717, 1.165) is 5.75 Å². The molecule has 0 atom stereocenters. The molecule has 2 aromatic carbocycles. The summed E-state index contributed by atoms with van der Waals surface area (Å²) in [4.78, 5) is 18.2. The molecule has 0 aliphatic rings. The Labute approximate surface area is 167 Å². The van der Waals surface area contributed by atoms with Crippen LogP contribution in [0.2, 0.25) is 5.02 Å². The zero-order valence-electron chi connectivity index (χ0n) is 15.2. The van der Waals surface area contributed by atoms with Gasteiger partial charge in [-0.05, 0) is 24.6 Å². The van der Waals surface area contributed by atoms with E-state index in [1.807, 2.05) is 18.2 Å². The second kappa shape index (κ2) is 9.06. The van der Waals surface area contributed by atoms with Gasteiger partial charge in [-0.3, -0.25) is 4.79 Å². The summed E-state index contributed by atoms with van der Waals surface area (Å²) >= 11 is 7.74. The predicted octanol–water partition coefficient (Wildman–Crippen LogP) is 4.59. The summed E-state index contributed by atoms with van der Waals surface area (Å²) in [5, 5.41) is 4.51. The maximum Gasteiger partial charge on any atom is 0.246 e. The molecule has 1 amide bonds. The van der Waals surface area contributed by atoms with Gasteiger partial charge in [-0.2, -0.15) is 4.98 Å². The number of thioether (sulfide) groups is 1. The van der Waals surface area contributed by atoms with E-state index in [1.165, 1.54) is 11.1 Å². The fourth-order valence-corrected chi connectivity index (χ4v) is 3.56. The molecule has 0 saturated carbocycles. The van der Waals surface area contributed by atoms with Crippen molar-refractivity contribution in [2.24, 2.45) is 0 Å². The quantitative estimate of drug-likeness (QED) is 0.579.